The molecule has 1 fully saturated rings. The fraction of sp³-hybridized carbons (Fsp3) is 0.391. The molecule has 1 aromatic rings. The van der Waals surface area contributed by atoms with E-state index in [4.69, 9.17) is 0 Å². The third kappa shape index (κ3) is 2.70. The van der Waals surface area contributed by atoms with Gasteiger partial charge in [0.05, 0.1) is 0 Å². The molecule has 3 rings (SSSR count). The Morgan fingerprint density at radius 1 is 1.21 bits per heavy atom. The van der Waals surface area contributed by atoms with E-state index in [0.717, 1.165) is 19.3 Å². The van der Waals surface area contributed by atoms with Crippen molar-refractivity contribution in [2.75, 3.05) is 0 Å². The van der Waals surface area contributed by atoms with Crippen LogP contribution in [0, 0.1) is 16.6 Å². The van der Waals surface area contributed by atoms with Gasteiger partial charge in [0.2, 0.25) is 0 Å². The van der Waals surface area contributed by atoms with Crippen molar-refractivity contribution in [3.63, 3.8) is 0 Å². The van der Waals surface area contributed by atoms with E-state index in [-0.39, 0.29) is 16.6 Å². The van der Waals surface area contributed by atoms with Gasteiger partial charge in [-0.15, -0.1) is 6.58 Å². The first-order valence-electron chi connectivity index (χ1n) is 8.86. The maximum Gasteiger partial charge on any atom is 0.123 e. The molecule has 0 radical (unpaired) electrons. The van der Waals surface area contributed by atoms with E-state index in [1.54, 1.807) is 17.7 Å². The highest BCUT2D eigenvalue weighted by molar-refractivity contribution is 5.48. The Balaban J connectivity index is 1.99. The molecule has 0 heterocycles. The molecule has 0 saturated heterocycles. The molecule has 0 spiro atoms. The molecule has 0 N–H and O–H groups in total. The van der Waals surface area contributed by atoms with E-state index in [2.05, 4.69) is 51.7 Å². The quantitative estimate of drug-likeness (QED) is 0.550. The molecule has 2 aliphatic rings. The summed E-state index contributed by atoms with van der Waals surface area (Å²) in [6.07, 6.45) is 13.2. The van der Waals surface area contributed by atoms with Crippen molar-refractivity contribution in [1.29, 1.82) is 0 Å². The van der Waals surface area contributed by atoms with Gasteiger partial charge in [-0.05, 0) is 66.9 Å². The van der Waals surface area contributed by atoms with Crippen molar-refractivity contribution in [2.45, 2.75) is 46.5 Å². The van der Waals surface area contributed by atoms with Crippen molar-refractivity contribution < 1.29 is 4.39 Å². The number of halogens is 1. The van der Waals surface area contributed by atoms with Crippen LogP contribution < -0.4 is 0 Å². The highest BCUT2D eigenvalue weighted by Crippen LogP contribution is 2.61. The molecule has 0 bridgehead atoms. The summed E-state index contributed by atoms with van der Waals surface area (Å²) < 4.78 is 13.2. The van der Waals surface area contributed by atoms with Crippen LogP contribution in [0.5, 0.6) is 0 Å². The average Bonchev–Trinajstić information content (AvgIpc) is 2.82. The van der Waals surface area contributed by atoms with E-state index < -0.39 is 0 Å². The molecule has 0 aliphatic heterocycles. The Morgan fingerprint density at radius 3 is 2.54 bits per heavy atom. The monoisotopic (exact) mass is 322 g/mol. The van der Waals surface area contributed by atoms with Gasteiger partial charge in [-0.25, -0.2) is 4.39 Å². The lowest BCUT2D eigenvalue weighted by Crippen LogP contribution is -2.34. The number of allylic oxidation sites excluding steroid dienone is 7. The van der Waals surface area contributed by atoms with Crippen molar-refractivity contribution in [3.8, 4) is 0 Å². The lowest BCUT2D eigenvalue weighted by molar-refractivity contribution is 0.201. The second-order valence-electron chi connectivity index (χ2n) is 7.65. The second-order valence-corrected chi connectivity index (χ2v) is 7.65. The molecule has 24 heavy (non-hydrogen) atoms. The van der Waals surface area contributed by atoms with E-state index >= 15 is 0 Å². The molecule has 126 valence electrons. The fourth-order valence-electron chi connectivity index (χ4n) is 4.34. The molecular formula is C23H27F. The van der Waals surface area contributed by atoms with Crippen LogP contribution >= 0.6 is 0 Å². The normalized spacial score (nSPS) is 29.8. The molecular weight excluding hydrogens is 295 g/mol. The summed E-state index contributed by atoms with van der Waals surface area (Å²) in [4.78, 5) is 0. The predicted molar refractivity (Wildman–Crippen MR) is 100 cm³/mol. The predicted octanol–water partition coefficient (Wildman–Crippen LogP) is 6.56. The Morgan fingerprint density at radius 2 is 1.92 bits per heavy atom. The molecule has 2 atom stereocenters. The van der Waals surface area contributed by atoms with Crippen LogP contribution in [0.25, 0.3) is 0 Å². The van der Waals surface area contributed by atoms with Crippen molar-refractivity contribution in [2.24, 2.45) is 10.8 Å². The maximum atomic E-state index is 13.2. The molecule has 1 saturated carbocycles. The van der Waals surface area contributed by atoms with Crippen LogP contribution in [0.1, 0.15) is 45.6 Å². The molecule has 0 aromatic heterocycles. The summed E-state index contributed by atoms with van der Waals surface area (Å²) in [6.45, 7) is 10.9. The first kappa shape index (κ1) is 17.0. The average molecular weight is 322 g/mol. The second kappa shape index (κ2) is 6.20. The minimum atomic E-state index is -0.173. The SMILES string of the molecule is C=CC1(C)CCC2=CC(Cc3ccc(F)cc3)=C(/C=C\C)CC21C. The van der Waals surface area contributed by atoms with Crippen LogP contribution in [0.2, 0.25) is 0 Å². The molecule has 1 heteroatoms. The maximum absolute atomic E-state index is 13.2. The summed E-state index contributed by atoms with van der Waals surface area (Å²) in [6, 6.07) is 6.89. The number of hydrogen-bond donors (Lipinski definition) is 0. The minimum Gasteiger partial charge on any atom is -0.207 e. The third-order valence-corrected chi connectivity index (χ3v) is 6.31. The summed E-state index contributed by atoms with van der Waals surface area (Å²) in [5.74, 6) is -0.173. The van der Waals surface area contributed by atoms with Gasteiger partial charge in [-0.3, -0.25) is 0 Å². The van der Waals surface area contributed by atoms with E-state index in [9.17, 15) is 4.39 Å². The summed E-state index contributed by atoms with van der Waals surface area (Å²) in [5, 5.41) is 0. The van der Waals surface area contributed by atoms with E-state index in [0.29, 0.717) is 0 Å². The van der Waals surface area contributed by atoms with Gasteiger partial charge in [0, 0.05) is 5.41 Å². The Labute approximate surface area is 145 Å². The largest absolute Gasteiger partial charge is 0.207 e. The van der Waals surface area contributed by atoms with Crippen molar-refractivity contribution in [1.82, 2.24) is 0 Å². The fourth-order valence-corrected chi connectivity index (χ4v) is 4.34. The summed E-state index contributed by atoms with van der Waals surface area (Å²) in [5.41, 5.74) is 5.82. The van der Waals surface area contributed by atoms with Gasteiger partial charge in [0.25, 0.3) is 0 Å². The van der Waals surface area contributed by atoms with Crippen LogP contribution in [0.4, 0.5) is 4.39 Å². The third-order valence-electron chi connectivity index (χ3n) is 6.31. The number of fused-ring (bicyclic) bond motifs is 1. The minimum absolute atomic E-state index is 0.160. The van der Waals surface area contributed by atoms with Gasteiger partial charge in [-0.2, -0.15) is 0 Å². The Kier molecular flexibility index (Phi) is 4.38. The Hall–Kier alpha value is -1.89. The van der Waals surface area contributed by atoms with Crippen LogP contribution in [0.15, 0.2) is 71.9 Å². The Bertz CT molecular complexity index is 732. The lowest BCUT2D eigenvalue weighted by Gasteiger charge is -2.43. The molecule has 0 nitrogen and oxygen atoms in total. The zero-order chi connectivity index (χ0) is 17.4. The van der Waals surface area contributed by atoms with E-state index in [1.165, 1.54) is 23.1 Å². The molecule has 1 aromatic carbocycles. The number of hydrogen-bond acceptors (Lipinski definition) is 0. The van der Waals surface area contributed by atoms with Crippen LogP contribution in [-0.2, 0) is 6.42 Å². The lowest BCUT2D eigenvalue weighted by atomic mass is 9.61. The first-order valence-corrected chi connectivity index (χ1v) is 8.86. The van der Waals surface area contributed by atoms with Gasteiger partial charge >= 0.3 is 0 Å². The smallest absolute Gasteiger partial charge is 0.123 e. The highest BCUT2D eigenvalue weighted by atomic mass is 19.1. The molecule has 0 amide bonds. The number of benzene rings is 1. The van der Waals surface area contributed by atoms with Gasteiger partial charge in [-0.1, -0.05) is 55.9 Å². The van der Waals surface area contributed by atoms with Crippen molar-refractivity contribution in [3.05, 3.63) is 83.2 Å². The molecule has 2 unspecified atom stereocenters. The van der Waals surface area contributed by atoms with Gasteiger partial charge in [0.15, 0.2) is 0 Å². The van der Waals surface area contributed by atoms with Crippen molar-refractivity contribution >= 4 is 0 Å². The van der Waals surface area contributed by atoms with Crippen LogP contribution in [0.3, 0.4) is 0 Å². The summed E-state index contributed by atoms with van der Waals surface area (Å²) in [7, 11) is 0. The highest BCUT2D eigenvalue weighted by Gasteiger charge is 2.50. The zero-order valence-electron chi connectivity index (χ0n) is 15.0. The van der Waals surface area contributed by atoms with Gasteiger partial charge < -0.3 is 0 Å². The zero-order valence-corrected chi connectivity index (χ0v) is 15.0. The standard InChI is InChI=1S/C23H27F/c1-5-7-18-16-23(4)20(12-13-22(23,3)6-2)15-19(18)14-17-8-10-21(24)11-9-17/h5-11,15H,2,12-14,16H2,1,3-4H3/b7-5-. The number of rotatable bonds is 4. The summed E-state index contributed by atoms with van der Waals surface area (Å²) >= 11 is 0. The topological polar surface area (TPSA) is 0 Å². The first-order chi connectivity index (χ1) is 11.4. The molecule has 2 aliphatic carbocycles. The van der Waals surface area contributed by atoms with Crippen LogP contribution in [-0.4, -0.2) is 0 Å². The van der Waals surface area contributed by atoms with E-state index in [1.807, 2.05) is 12.1 Å². The van der Waals surface area contributed by atoms with Gasteiger partial charge in [0.1, 0.15) is 5.82 Å².